The van der Waals surface area contributed by atoms with Gasteiger partial charge in [-0.15, -0.1) is 0 Å². The Morgan fingerprint density at radius 1 is 1.37 bits per heavy atom. The van der Waals surface area contributed by atoms with Crippen LogP contribution in [0.25, 0.3) is 10.9 Å². The Morgan fingerprint density at radius 3 is 3.21 bits per heavy atom. The number of para-hydroxylation sites is 1. The number of carbonyl (C=O) groups excluding carboxylic acids is 1. The maximum absolute atomic E-state index is 11.9. The number of hydrogen-bond donors (Lipinski definition) is 1. The van der Waals surface area contributed by atoms with Crippen molar-refractivity contribution in [2.75, 3.05) is 6.61 Å². The summed E-state index contributed by atoms with van der Waals surface area (Å²) in [4.78, 5) is 17.1. The molecule has 0 unspecified atom stereocenters. The molecule has 2 atom stereocenters. The van der Waals surface area contributed by atoms with Crippen molar-refractivity contribution >= 4 is 16.8 Å². The van der Waals surface area contributed by atoms with E-state index in [-0.39, 0.29) is 18.2 Å². The van der Waals surface area contributed by atoms with Gasteiger partial charge in [-0.25, -0.2) is 0 Å². The third-order valence-corrected chi connectivity index (χ3v) is 4.21. The van der Waals surface area contributed by atoms with Crippen LogP contribution in [0.5, 0.6) is 0 Å². The fourth-order valence-corrected chi connectivity index (χ4v) is 3.29. The number of aromatic amines is 1. The highest BCUT2D eigenvalue weighted by molar-refractivity contribution is 5.83. The van der Waals surface area contributed by atoms with E-state index in [1.807, 2.05) is 11.0 Å². The lowest BCUT2D eigenvalue weighted by Gasteiger charge is -2.21. The van der Waals surface area contributed by atoms with Crippen LogP contribution in [-0.2, 0) is 16.0 Å². The van der Waals surface area contributed by atoms with Gasteiger partial charge in [0.05, 0.1) is 12.6 Å². The molecule has 2 fully saturated rings. The molecule has 1 aromatic carbocycles. The van der Waals surface area contributed by atoms with E-state index in [1.54, 1.807) is 0 Å². The van der Waals surface area contributed by atoms with Crippen molar-refractivity contribution < 1.29 is 9.53 Å². The maximum Gasteiger partial charge on any atom is 0.225 e. The van der Waals surface area contributed by atoms with E-state index >= 15 is 0 Å². The molecule has 0 radical (unpaired) electrons. The Morgan fingerprint density at radius 2 is 2.26 bits per heavy atom. The summed E-state index contributed by atoms with van der Waals surface area (Å²) in [7, 11) is 0. The van der Waals surface area contributed by atoms with Crippen LogP contribution in [0.1, 0.15) is 18.4 Å². The topological polar surface area (TPSA) is 45.3 Å². The first-order valence-electron chi connectivity index (χ1n) is 6.81. The van der Waals surface area contributed by atoms with Gasteiger partial charge < -0.3 is 14.6 Å². The highest BCUT2D eigenvalue weighted by atomic mass is 16.5. The second kappa shape index (κ2) is 4.10. The van der Waals surface area contributed by atoms with Gasteiger partial charge in [-0.05, 0) is 18.1 Å². The summed E-state index contributed by atoms with van der Waals surface area (Å²) in [5, 5.41) is 1.25. The number of fused-ring (bicyclic) bond motifs is 2. The van der Waals surface area contributed by atoms with Crippen LogP contribution in [0.4, 0.5) is 0 Å². The van der Waals surface area contributed by atoms with Crippen molar-refractivity contribution in [1.29, 1.82) is 0 Å². The van der Waals surface area contributed by atoms with E-state index in [9.17, 15) is 4.79 Å². The lowest BCUT2D eigenvalue weighted by Crippen LogP contribution is -2.37. The van der Waals surface area contributed by atoms with Gasteiger partial charge in [-0.3, -0.25) is 4.79 Å². The molecule has 98 valence electrons. The molecule has 0 spiro atoms. The fourth-order valence-electron chi connectivity index (χ4n) is 3.29. The normalized spacial score (nSPS) is 26.3. The minimum Gasteiger partial charge on any atom is -0.361 e. The van der Waals surface area contributed by atoms with E-state index in [0.29, 0.717) is 13.0 Å². The predicted octanol–water partition coefficient (Wildman–Crippen LogP) is 2.06. The third kappa shape index (κ3) is 1.67. The van der Waals surface area contributed by atoms with Crippen molar-refractivity contribution in [3.05, 3.63) is 36.0 Å². The summed E-state index contributed by atoms with van der Waals surface area (Å²) in [6.45, 7) is 0.663. The zero-order chi connectivity index (χ0) is 12.8. The molecule has 1 aromatic heterocycles. The van der Waals surface area contributed by atoms with Gasteiger partial charge in [-0.2, -0.15) is 0 Å². The second-order valence-corrected chi connectivity index (χ2v) is 5.35. The lowest BCUT2D eigenvalue weighted by atomic mass is 10.1. The molecule has 0 saturated carbocycles. The highest BCUT2D eigenvalue weighted by Gasteiger charge is 2.42. The molecule has 19 heavy (non-hydrogen) atoms. The molecule has 4 rings (SSSR count). The number of rotatable bonds is 2. The summed E-state index contributed by atoms with van der Waals surface area (Å²) >= 11 is 0. The Bertz CT molecular complexity index is 634. The first-order valence-corrected chi connectivity index (χ1v) is 6.81. The molecule has 4 nitrogen and oxygen atoms in total. The number of hydrogen-bond acceptors (Lipinski definition) is 2. The van der Waals surface area contributed by atoms with E-state index in [2.05, 4.69) is 29.4 Å². The van der Waals surface area contributed by atoms with Gasteiger partial charge in [0, 0.05) is 29.9 Å². The molecule has 2 aliphatic rings. The molecule has 4 heteroatoms. The predicted molar refractivity (Wildman–Crippen MR) is 71.6 cm³/mol. The van der Waals surface area contributed by atoms with Gasteiger partial charge in [0.2, 0.25) is 5.91 Å². The zero-order valence-electron chi connectivity index (χ0n) is 10.6. The SMILES string of the molecule is O=C1CC[C@@H]2OC[C@@H](Cc3c[nH]c4ccccc34)N12. The Balaban J connectivity index is 1.63. The van der Waals surface area contributed by atoms with Crippen LogP contribution in [0.2, 0.25) is 0 Å². The van der Waals surface area contributed by atoms with E-state index < -0.39 is 0 Å². The smallest absolute Gasteiger partial charge is 0.225 e. The average Bonchev–Trinajstić information content (AvgIpc) is 3.10. The number of carbonyl (C=O) groups is 1. The Kier molecular flexibility index (Phi) is 2.38. The summed E-state index contributed by atoms with van der Waals surface area (Å²) in [5.74, 6) is 0.243. The molecule has 1 N–H and O–H groups in total. The molecule has 0 bridgehead atoms. The fraction of sp³-hybridized carbons (Fsp3) is 0.400. The van der Waals surface area contributed by atoms with Crippen LogP contribution >= 0.6 is 0 Å². The first-order chi connectivity index (χ1) is 9.33. The number of aromatic nitrogens is 1. The Labute approximate surface area is 111 Å². The van der Waals surface area contributed by atoms with Gasteiger partial charge >= 0.3 is 0 Å². The Hall–Kier alpha value is -1.81. The lowest BCUT2D eigenvalue weighted by molar-refractivity contribution is -0.131. The van der Waals surface area contributed by atoms with Crippen LogP contribution in [0.15, 0.2) is 30.5 Å². The van der Waals surface area contributed by atoms with Gasteiger partial charge in [-0.1, -0.05) is 18.2 Å². The van der Waals surface area contributed by atoms with Gasteiger partial charge in [0.1, 0.15) is 6.23 Å². The molecule has 1 amide bonds. The molecular formula is C15H16N2O2. The van der Waals surface area contributed by atoms with Crippen molar-refractivity contribution in [2.45, 2.75) is 31.5 Å². The van der Waals surface area contributed by atoms with Crippen LogP contribution in [-0.4, -0.2) is 34.7 Å². The monoisotopic (exact) mass is 256 g/mol. The molecule has 2 aliphatic heterocycles. The minimum absolute atomic E-state index is 0.0303. The summed E-state index contributed by atoms with van der Waals surface area (Å²) < 4.78 is 5.72. The van der Waals surface area contributed by atoms with Crippen molar-refractivity contribution in [2.24, 2.45) is 0 Å². The number of nitrogens with one attached hydrogen (secondary N) is 1. The average molecular weight is 256 g/mol. The number of nitrogens with zero attached hydrogens (tertiary/aromatic N) is 1. The summed E-state index contributed by atoms with van der Waals surface area (Å²) in [6, 6.07) is 8.48. The summed E-state index contributed by atoms with van der Waals surface area (Å²) in [6.07, 6.45) is 4.44. The van der Waals surface area contributed by atoms with Gasteiger partial charge in [0.25, 0.3) is 0 Å². The number of benzene rings is 1. The molecule has 0 aliphatic carbocycles. The molecule has 3 heterocycles. The van der Waals surface area contributed by atoms with Crippen LogP contribution < -0.4 is 0 Å². The second-order valence-electron chi connectivity index (χ2n) is 5.35. The standard InChI is InChI=1S/C15H16N2O2/c18-14-5-6-15-17(14)11(9-19-15)7-10-8-16-13-4-2-1-3-12(10)13/h1-4,8,11,15-16H,5-7,9H2/t11-,15+/m1/s1. The molecule has 2 aromatic rings. The highest BCUT2D eigenvalue weighted by Crippen LogP contribution is 2.31. The van der Waals surface area contributed by atoms with E-state index in [0.717, 1.165) is 18.4 Å². The van der Waals surface area contributed by atoms with Gasteiger partial charge in [0.15, 0.2) is 0 Å². The third-order valence-electron chi connectivity index (χ3n) is 4.21. The zero-order valence-corrected chi connectivity index (χ0v) is 10.6. The van der Waals surface area contributed by atoms with Crippen molar-refractivity contribution in [1.82, 2.24) is 9.88 Å². The van der Waals surface area contributed by atoms with Crippen molar-refractivity contribution in [3.63, 3.8) is 0 Å². The van der Waals surface area contributed by atoms with E-state index in [1.165, 1.54) is 10.9 Å². The molecule has 2 saturated heterocycles. The van der Waals surface area contributed by atoms with Crippen LogP contribution in [0, 0.1) is 0 Å². The number of amides is 1. The summed E-state index contributed by atoms with van der Waals surface area (Å²) in [5.41, 5.74) is 2.42. The maximum atomic E-state index is 11.9. The molecular weight excluding hydrogens is 240 g/mol. The largest absolute Gasteiger partial charge is 0.361 e. The quantitative estimate of drug-likeness (QED) is 0.894. The minimum atomic E-state index is 0.0303. The first kappa shape index (κ1) is 11.1. The van der Waals surface area contributed by atoms with Crippen molar-refractivity contribution in [3.8, 4) is 0 Å². The number of H-pyrrole nitrogens is 1. The number of ether oxygens (including phenoxy) is 1. The van der Waals surface area contributed by atoms with Crippen LogP contribution in [0.3, 0.4) is 0 Å². The van der Waals surface area contributed by atoms with E-state index in [4.69, 9.17) is 4.74 Å².